The van der Waals surface area contributed by atoms with Crippen molar-refractivity contribution in [1.82, 2.24) is 24.8 Å². The van der Waals surface area contributed by atoms with Crippen molar-refractivity contribution in [3.63, 3.8) is 0 Å². The summed E-state index contributed by atoms with van der Waals surface area (Å²) < 4.78 is 41.3. The molecule has 1 aliphatic heterocycles. The van der Waals surface area contributed by atoms with Gasteiger partial charge in [0.2, 0.25) is 11.9 Å². The van der Waals surface area contributed by atoms with Crippen LogP contribution in [0.2, 0.25) is 0 Å². The first-order chi connectivity index (χ1) is 22.4. The van der Waals surface area contributed by atoms with Gasteiger partial charge in [0.25, 0.3) is 0 Å². The number of anilines is 2. The fraction of sp³-hybridized carbons (Fsp3) is 0.529. The van der Waals surface area contributed by atoms with Crippen LogP contribution in [0.1, 0.15) is 67.6 Å². The summed E-state index contributed by atoms with van der Waals surface area (Å²) in [5.41, 5.74) is 3.98. The molecule has 0 spiro atoms. The Morgan fingerprint density at radius 3 is 2.57 bits per heavy atom. The fourth-order valence-corrected chi connectivity index (χ4v) is 8.32. The number of aromatic nitrogens is 3. The van der Waals surface area contributed by atoms with Gasteiger partial charge in [-0.05, 0) is 74.8 Å². The van der Waals surface area contributed by atoms with E-state index in [-0.39, 0.29) is 22.4 Å². The number of likely N-dealkylation sites (tertiary alicyclic amines) is 1. The average molecular weight is 667 g/mol. The van der Waals surface area contributed by atoms with Crippen LogP contribution >= 0.6 is 11.3 Å². The number of carbonyl (C=O) groups is 1. The van der Waals surface area contributed by atoms with E-state index >= 15 is 0 Å². The second-order valence-corrected chi connectivity index (χ2v) is 14.5. The number of amides is 1. The number of aryl methyl sites for hydroxylation is 1. The number of nitrogens with one attached hydrogen (secondary N) is 3. The summed E-state index contributed by atoms with van der Waals surface area (Å²) in [5.74, 6) is 1.43. The van der Waals surface area contributed by atoms with Gasteiger partial charge >= 0.3 is 6.18 Å². The van der Waals surface area contributed by atoms with Crippen molar-refractivity contribution in [2.75, 3.05) is 30.8 Å². The van der Waals surface area contributed by atoms with Gasteiger partial charge in [0, 0.05) is 67.0 Å². The van der Waals surface area contributed by atoms with Gasteiger partial charge in [-0.25, -0.2) is 4.98 Å². The van der Waals surface area contributed by atoms with Crippen molar-refractivity contribution in [1.29, 1.82) is 5.26 Å². The summed E-state index contributed by atoms with van der Waals surface area (Å²) in [7, 11) is 1.70. The number of nitrogens with zero attached hydrogens (tertiary/aromatic N) is 5. The Kier molecular flexibility index (Phi) is 9.11. The minimum atomic E-state index is -4.28. The number of fused-ring (bicyclic) bond motifs is 2. The molecule has 2 aliphatic rings. The van der Waals surface area contributed by atoms with E-state index in [0.717, 1.165) is 74.1 Å². The van der Waals surface area contributed by atoms with E-state index in [1.54, 1.807) is 13.1 Å². The van der Waals surface area contributed by atoms with Gasteiger partial charge in [-0.3, -0.25) is 9.69 Å². The van der Waals surface area contributed by atoms with Crippen LogP contribution in [0.25, 0.3) is 21.1 Å². The molecule has 47 heavy (non-hydrogen) atoms. The summed E-state index contributed by atoms with van der Waals surface area (Å²) in [4.78, 5) is 24.0. The molecule has 0 atom stereocenters. The van der Waals surface area contributed by atoms with Crippen LogP contribution in [-0.2, 0) is 24.3 Å². The molecular formula is C34H41F3N8OS. The second kappa shape index (κ2) is 13.0. The smallest absolute Gasteiger partial charge is 0.367 e. The fourth-order valence-electron chi connectivity index (χ4n) is 7.26. The Labute approximate surface area is 276 Å². The van der Waals surface area contributed by atoms with Crippen LogP contribution < -0.4 is 16.0 Å². The van der Waals surface area contributed by atoms with E-state index in [4.69, 9.17) is 0 Å². The summed E-state index contributed by atoms with van der Waals surface area (Å²) >= 11 is 1.05. The van der Waals surface area contributed by atoms with Gasteiger partial charge in [0.1, 0.15) is 22.4 Å². The lowest BCUT2D eigenvalue weighted by Gasteiger charge is -2.46. The number of thiophene rings is 1. The number of piperidine rings is 1. The molecule has 13 heteroatoms. The molecule has 1 saturated heterocycles. The minimum absolute atomic E-state index is 0.0776. The molecule has 1 aliphatic carbocycles. The lowest BCUT2D eigenvalue weighted by Crippen LogP contribution is -2.55. The lowest BCUT2D eigenvalue weighted by molar-refractivity contribution is -0.126. The number of rotatable bonds is 10. The Morgan fingerprint density at radius 1 is 1.17 bits per heavy atom. The van der Waals surface area contributed by atoms with E-state index in [0.29, 0.717) is 40.0 Å². The van der Waals surface area contributed by atoms with Gasteiger partial charge in [-0.2, -0.15) is 23.4 Å². The van der Waals surface area contributed by atoms with Gasteiger partial charge in [0.15, 0.2) is 0 Å². The highest BCUT2D eigenvalue weighted by Gasteiger charge is 2.41. The van der Waals surface area contributed by atoms with Crippen molar-refractivity contribution in [3.8, 4) is 6.07 Å². The molecule has 4 heterocycles. The first-order valence-corrected chi connectivity index (χ1v) is 17.0. The highest BCUT2D eigenvalue weighted by atomic mass is 32.1. The molecule has 2 fully saturated rings. The Hall–Kier alpha value is -3.89. The highest BCUT2D eigenvalue weighted by molar-refractivity contribution is 7.18. The van der Waals surface area contributed by atoms with Gasteiger partial charge < -0.3 is 20.5 Å². The molecule has 1 saturated carbocycles. The Balaban J connectivity index is 1.10. The van der Waals surface area contributed by atoms with Crippen LogP contribution in [-0.4, -0.2) is 63.2 Å². The van der Waals surface area contributed by atoms with Crippen LogP contribution in [0.5, 0.6) is 0 Å². The molecule has 9 nitrogen and oxygen atoms in total. The number of hydrogen-bond acceptors (Lipinski definition) is 8. The number of alkyl halides is 3. The third-order valence-electron chi connectivity index (χ3n) is 9.63. The van der Waals surface area contributed by atoms with E-state index in [1.807, 2.05) is 13.0 Å². The van der Waals surface area contributed by atoms with E-state index in [2.05, 4.69) is 67.4 Å². The number of hydrogen-bond donors (Lipinski definition) is 3. The summed E-state index contributed by atoms with van der Waals surface area (Å²) in [5, 5.41) is 21.3. The maximum Gasteiger partial charge on any atom is 0.393 e. The zero-order chi connectivity index (χ0) is 33.5. The molecule has 1 amide bonds. The summed E-state index contributed by atoms with van der Waals surface area (Å²) in [6.07, 6.45) is -1.24. The Bertz CT molecular complexity index is 1830. The van der Waals surface area contributed by atoms with E-state index < -0.39 is 12.6 Å². The van der Waals surface area contributed by atoms with Crippen molar-refractivity contribution < 1.29 is 18.0 Å². The molecule has 3 N–H and O–H groups in total. The third kappa shape index (κ3) is 7.18. The standard InChI is InChI=1S/C34H41F3N8OS/c1-5-29(46)43-33(3)14-21(15-33)18-45-24(17-38)12-26-20(2)22(6-7-28(26)45)19-44-10-8-23(9-11-44)40-30-27-13-25(16-34(35,36)37)47-31(27)42-32(39-4)41-30/h6-7,12-13,21,23H,5,8-11,14-16,18-19H2,1-4H3,(H,43,46)(H2,39,40,41,42). The molecule has 1 aromatic carbocycles. The predicted octanol–water partition coefficient (Wildman–Crippen LogP) is 6.74. The lowest BCUT2D eigenvalue weighted by atomic mass is 9.69. The maximum absolute atomic E-state index is 13.1. The minimum Gasteiger partial charge on any atom is -0.367 e. The van der Waals surface area contributed by atoms with Crippen LogP contribution in [0.3, 0.4) is 0 Å². The number of benzene rings is 1. The number of carbonyl (C=O) groups excluding carboxylic acids is 1. The van der Waals surface area contributed by atoms with Crippen LogP contribution in [0, 0.1) is 24.2 Å². The highest BCUT2D eigenvalue weighted by Crippen LogP contribution is 2.40. The van der Waals surface area contributed by atoms with Gasteiger partial charge in [0.05, 0.1) is 11.8 Å². The molecule has 0 radical (unpaired) electrons. The van der Waals surface area contributed by atoms with Crippen molar-refractivity contribution >= 4 is 50.1 Å². The predicted molar refractivity (Wildman–Crippen MR) is 180 cm³/mol. The largest absolute Gasteiger partial charge is 0.393 e. The average Bonchev–Trinajstić information content (AvgIpc) is 3.58. The quantitative estimate of drug-likeness (QED) is 0.172. The molecule has 4 aromatic rings. The zero-order valence-corrected chi connectivity index (χ0v) is 28.0. The van der Waals surface area contributed by atoms with Crippen molar-refractivity contribution in [2.24, 2.45) is 5.92 Å². The zero-order valence-electron chi connectivity index (χ0n) is 27.2. The normalized spacial score (nSPS) is 20.7. The van der Waals surface area contributed by atoms with Gasteiger partial charge in [-0.1, -0.05) is 13.0 Å². The molecule has 0 bridgehead atoms. The first kappa shape index (κ1) is 33.0. The second-order valence-electron chi connectivity index (χ2n) is 13.3. The topological polar surface area (TPSA) is 111 Å². The maximum atomic E-state index is 13.1. The molecule has 0 unspecified atom stereocenters. The number of nitriles is 1. The molecule has 250 valence electrons. The number of halogens is 3. The summed E-state index contributed by atoms with van der Waals surface area (Å²) in [6.45, 7) is 9.38. The third-order valence-corrected chi connectivity index (χ3v) is 10.7. The first-order valence-electron chi connectivity index (χ1n) is 16.2. The monoisotopic (exact) mass is 666 g/mol. The van der Waals surface area contributed by atoms with Crippen LogP contribution in [0.15, 0.2) is 24.3 Å². The molecule has 6 rings (SSSR count). The van der Waals surface area contributed by atoms with Crippen LogP contribution in [0.4, 0.5) is 24.9 Å². The summed E-state index contributed by atoms with van der Waals surface area (Å²) in [6, 6.07) is 10.4. The van der Waals surface area contributed by atoms with E-state index in [1.165, 1.54) is 11.1 Å². The molecular weight excluding hydrogens is 625 g/mol. The molecule has 3 aromatic heterocycles. The van der Waals surface area contributed by atoms with E-state index in [9.17, 15) is 23.2 Å². The van der Waals surface area contributed by atoms with Crippen molar-refractivity contribution in [2.45, 2.75) is 90.1 Å². The van der Waals surface area contributed by atoms with Gasteiger partial charge in [-0.15, -0.1) is 11.3 Å². The SMILES string of the molecule is CCC(=O)NC1(C)CC(Cn2c(C#N)cc3c(C)c(CN4CCC(Nc5nc(NC)nc6sc(CC(F)(F)F)cc56)CC4)ccc32)C1. The Morgan fingerprint density at radius 2 is 1.91 bits per heavy atom. The van der Waals surface area contributed by atoms with Crippen molar-refractivity contribution in [3.05, 3.63) is 46.0 Å².